The summed E-state index contributed by atoms with van der Waals surface area (Å²) < 4.78 is 25.5. The average Bonchev–Trinajstić information content (AvgIpc) is 3.30. The Morgan fingerprint density at radius 3 is 2.74 bits per heavy atom. The first kappa shape index (κ1) is 14.6. The molecule has 4 rings (SSSR count). The molecule has 1 N–H and O–H groups in total. The second-order valence-electron chi connectivity index (χ2n) is 6.16. The molecule has 1 aromatic carbocycles. The summed E-state index contributed by atoms with van der Waals surface area (Å²) in [6.07, 6.45) is 3.23. The topological polar surface area (TPSA) is 79.4 Å². The molecule has 2 heterocycles. The van der Waals surface area contributed by atoms with Gasteiger partial charge in [-0.15, -0.1) is 0 Å². The monoisotopic (exact) mass is 331 g/mol. The number of carbonyl (C=O) groups excluding carboxylic acids is 1. The van der Waals surface area contributed by atoms with Gasteiger partial charge in [0, 0.05) is 30.4 Å². The van der Waals surface area contributed by atoms with Gasteiger partial charge in [-0.3, -0.25) is 9.78 Å². The van der Waals surface area contributed by atoms with Gasteiger partial charge in [-0.25, -0.2) is 8.42 Å². The molecule has 7 heteroatoms. The molecule has 1 aromatic heterocycles. The van der Waals surface area contributed by atoms with E-state index in [0.29, 0.717) is 18.8 Å². The van der Waals surface area contributed by atoms with Crippen LogP contribution in [0.25, 0.3) is 10.9 Å². The highest BCUT2D eigenvalue weighted by Crippen LogP contribution is 2.34. The molecule has 0 unspecified atom stereocenters. The zero-order chi connectivity index (χ0) is 16.0. The van der Waals surface area contributed by atoms with Crippen molar-refractivity contribution in [1.29, 1.82) is 0 Å². The molecule has 1 aliphatic carbocycles. The van der Waals surface area contributed by atoms with Gasteiger partial charge >= 0.3 is 0 Å². The van der Waals surface area contributed by atoms with Crippen molar-refractivity contribution in [1.82, 2.24) is 9.29 Å². The molecule has 2 fully saturated rings. The van der Waals surface area contributed by atoms with Gasteiger partial charge in [0.15, 0.2) is 0 Å². The van der Waals surface area contributed by atoms with Gasteiger partial charge in [-0.2, -0.15) is 4.31 Å². The van der Waals surface area contributed by atoms with E-state index in [9.17, 15) is 13.2 Å². The predicted octanol–water partition coefficient (Wildman–Crippen LogP) is 1.60. The van der Waals surface area contributed by atoms with E-state index in [4.69, 9.17) is 0 Å². The Bertz CT molecular complexity index is 871. The maximum absolute atomic E-state index is 12.2. The fourth-order valence-corrected chi connectivity index (χ4v) is 4.72. The molecule has 0 spiro atoms. The number of nitrogens with one attached hydrogen (secondary N) is 1. The Kier molecular flexibility index (Phi) is 3.35. The number of sulfonamides is 1. The molecule has 1 amide bonds. The van der Waals surface area contributed by atoms with Crippen LogP contribution in [0.1, 0.15) is 12.8 Å². The lowest BCUT2D eigenvalue weighted by Crippen LogP contribution is -2.55. The summed E-state index contributed by atoms with van der Waals surface area (Å²) in [6.45, 7) is 0.583. The number of benzene rings is 1. The fourth-order valence-electron chi connectivity index (χ4n) is 2.79. The van der Waals surface area contributed by atoms with Crippen LogP contribution in [-0.2, 0) is 14.8 Å². The molecular weight excluding hydrogens is 314 g/mol. The lowest BCUT2D eigenvalue weighted by atomic mass is 10.0. The highest BCUT2D eigenvalue weighted by atomic mass is 32.2. The van der Waals surface area contributed by atoms with E-state index < -0.39 is 10.0 Å². The Morgan fingerprint density at radius 1 is 1.22 bits per heavy atom. The molecule has 2 aliphatic rings. The van der Waals surface area contributed by atoms with Crippen LogP contribution in [-0.4, -0.2) is 42.0 Å². The first-order chi connectivity index (χ1) is 11.0. The number of nitrogens with zero attached hydrogens (tertiary/aromatic N) is 2. The molecule has 0 bridgehead atoms. The van der Waals surface area contributed by atoms with E-state index in [0.717, 1.165) is 23.7 Å². The fraction of sp³-hybridized carbons (Fsp3) is 0.375. The molecule has 0 radical (unpaired) electrons. The summed E-state index contributed by atoms with van der Waals surface area (Å²) in [6, 6.07) is 9.32. The van der Waals surface area contributed by atoms with Gasteiger partial charge < -0.3 is 5.32 Å². The standard InChI is InChI=1S/C16H17N3O3S/c20-16(12-9-19(10-12)23(21,22)14-4-5-14)18-13-3-6-15-11(8-13)2-1-7-17-15/h1-3,6-8,12,14H,4-5,9-10H2,(H,18,20). The van der Waals surface area contributed by atoms with Crippen LogP contribution in [0.15, 0.2) is 36.5 Å². The summed E-state index contributed by atoms with van der Waals surface area (Å²) in [5.41, 5.74) is 1.58. The highest BCUT2D eigenvalue weighted by molar-refractivity contribution is 7.90. The van der Waals surface area contributed by atoms with Crippen molar-refractivity contribution in [2.45, 2.75) is 18.1 Å². The smallest absolute Gasteiger partial charge is 0.230 e. The molecule has 6 nitrogen and oxygen atoms in total. The molecule has 1 aliphatic heterocycles. The first-order valence-corrected chi connectivity index (χ1v) is 9.19. The van der Waals surface area contributed by atoms with Crippen LogP contribution in [0.4, 0.5) is 5.69 Å². The predicted molar refractivity (Wildman–Crippen MR) is 87.4 cm³/mol. The van der Waals surface area contributed by atoms with Crippen molar-refractivity contribution < 1.29 is 13.2 Å². The van der Waals surface area contributed by atoms with Gasteiger partial charge in [0.05, 0.1) is 16.7 Å². The third kappa shape index (κ3) is 2.70. The van der Waals surface area contributed by atoms with Crippen LogP contribution < -0.4 is 5.32 Å². The summed E-state index contributed by atoms with van der Waals surface area (Å²) in [5, 5.41) is 3.61. The number of hydrogen-bond acceptors (Lipinski definition) is 4. The van der Waals surface area contributed by atoms with Gasteiger partial charge in [-0.05, 0) is 37.1 Å². The van der Waals surface area contributed by atoms with E-state index in [2.05, 4.69) is 10.3 Å². The SMILES string of the molecule is O=C(Nc1ccc2ncccc2c1)C1CN(S(=O)(=O)C2CC2)C1. The summed E-state index contributed by atoms with van der Waals surface area (Å²) in [4.78, 5) is 16.5. The summed E-state index contributed by atoms with van der Waals surface area (Å²) >= 11 is 0. The van der Waals surface area contributed by atoms with E-state index >= 15 is 0 Å². The van der Waals surface area contributed by atoms with Crippen LogP contribution in [0.5, 0.6) is 0 Å². The second-order valence-corrected chi connectivity index (χ2v) is 8.37. The normalized spacial score (nSPS) is 19.5. The van der Waals surface area contributed by atoms with E-state index in [1.165, 1.54) is 4.31 Å². The molecule has 2 aromatic rings. The number of rotatable bonds is 4. The van der Waals surface area contributed by atoms with Gasteiger partial charge in [0.25, 0.3) is 0 Å². The minimum Gasteiger partial charge on any atom is -0.326 e. The number of amides is 1. The zero-order valence-electron chi connectivity index (χ0n) is 12.5. The lowest BCUT2D eigenvalue weighted by Gasteiger charge is -2.37. The maximum Gasteiger partial charge on any atom is 0.230 e. The van der Waals surface area contributed by atoms with Crippen molar-refractivity contribution in [3.05, 3.63) is 36.5 Å². The van der Waals surface area contributed by atoms with Crippen LogP contribution in [0.3, 0.4) is 0 Å². The first-order valence-electron chi connectivity index (χ1n) is 7.69. The Labute approximate surface area is 134 Å². The Balaban J connectivity index is 1.40. The molecule has 0 atom stereocenters. The number of carbonyl (C=O) groups is 1. The Morgan fingerprint density at radius 2 is 2.00 bits per heavy atom. The van der Waals surface area contributed by atoms with E-state index in [1.807, 2.05) is 30.3 Å². The van der Waals surface area contributed by atoms with Crippen molar-refractivity contribution in [2.24, 2.45) is 5.92 Å². The average molecular weight is 331 g/mol. The van der Waals surface area contributed by atoms with Crippen LogP contribution >= 0.6 is 0 Å². The summed E-state index contributed by atoms with van der Waals surface area (Å²) in [5.74, 6) is -0.399. The van der Waals surface area contributed by atoms with Gasteiger partial charge in [-0.1, -0.05) is 6.07 Å². The van der Waals surface area contributed by atoms with E-state index in [1.54, 1.807) is 6.20 Å². The van der Waals surface area contributed by atoms with Gasteiger partial charge in [0.2, 0.25) is 15.9 Å². The molecule has 23 heavy (non-hydrogen) atoms. The number of anilines is 1. The molecule has 120 valence electrons. The number of hydrogen-bond donors (Lipinski definition) is 1. The number of fused-ring (bicyclic) bond motifs is 1. The molecule has 1 saturated heterocycles. The third-order valence-electron chi connectivity index (χ3n) is 4.39. The summed E-state index contributed by atoms with van der Waals surface area (Å²) in [7, 11) is -3.15. The number of aromatic nitrogens is 1. The maximum atomic E-state index is 12.2. The molecular formula is C16H17N3O3S. The zero-order valence-corrected chi connectivity index (χ0v) is 13.3. The molecule has 1 saturated carbocycles. The largest absolute Gasteiger partial charge is 0.326 e. The van der Waals surface area contributed by atoms with Crippen molar-refractivity contribution in [3.63, 3.8) is 0 Å². The van der Waals surface area contributed by atoms with Crippen LogP contribution in [0.2, 0.25) is 0 Å². The van der Waals surface area contributed by atoms with Crippen molar-refractivity contribution in [2.75, 3.05) is 18.4 Å². The van der Waals surface area contributed by atoms with Gasteiger partial charge in [0.1, 0.15) is 0 Å². The minimum absolute atomic E-state index is 0.129. The Hall–Kier alpha value is -1.99. The second kappa shape index (κ2) is 5.28. The minimum atomic E-state index is -3.15. The number of pyridine rings is 1. The quantitative estimate of drug-likeness (QED) is 0.923. The third-order valence-corrected chi connectivity index (χ3v) is 6.73. The lowest BCUT2D eigenvalue weighted by molar-refractivity contribution is -0.122. The highest BCUT2D eigenvalue weighted by Gasteiger charge is 2.46. The van der Waals surface area contributed by atoms with Crippen LogP contribution in [0, 0.1) is 5.92 Å². The van der Waals surface area contributed by atoms with Crippen molar-refractivity contribution >= 4 is 32.5 Å². The van der Waals surface area contributed by atoms with Crippen molar-refractivity contribution in [3.8, 4) is 0 Å². The van der Waals surface area contributed by atoms with E-state index in [-0.39, 0.29) is 17.1 Å².